The first kappa shape index (κ1) is 22.2. The van der Waals surface area contributed by atoms with E-state index in [1.807, 2.05) is 0 Å². The molecule has 0 aliphatic carbocycles. The lowest BCUT2D eigenvalue weighted by Gasteiger charge is -2.33. The van der Waals surface area contributed by atoms with Crippen molar-refractivity contribution in [3.63, 3.8) is 0 Å². The molecule has 1 aliphatic heterocycles. The summed E-state index contributed by atoms with van der Waals surface area (Å²) < 4.78 is 28.0. The van der Waals surface area contributed by atoms with Crippen molar-refractivity contribution < 1.29 is 17.9 Å². The molecule has 0 atom stereocenters. The first-order chi connectivity index (χ1) is 16.3. The van der Waals surface area contributed by atoms with Gasteiger partial charge >= 0.3 is 0 Å². The summed E-state index contributed by atoms with van der Waals surface area (Å²) in [7, 11) is -3.86. The Morgan fingerprint density at radius 1 is 1.09 bits per heavy atom. The lowest BCUT2D eigenvalue weighted by molar-refractivity contribution is -0.594. The number of pyridine rings is 1. The van der Waals surface area contributed by atoms with Gasteiger partial charge in [-0.3, -0.25) is 4.79 Å². The van der Waals surface area contributed by atoms with E-state index < -0.39 is 10.0 Å². The number of aromatic amines is 1. The average molecular weight is 500 g/mol. The molecule has 174 valence electrons. The number of amides is 1. The minimum absolute atomic E-state index is 0.116. The molecular formula is C21H18ClN7O4S. The predicted molar refractivity (Wildman–Crippen MR) is 122 cm³/mol. The van der Waals surface area contributed by atoms with Gasteiger partial charge in [0, 0.05) is 55.7 Å². The van der Waals surface area contributed by atoms with Crippen LogP contribution in [0.15, 0.2) is 60.1 Å². The maximum absolute atomic E-state index is 13.0. The van der Waals surface area contributed by atoms with Gasteiger partial charge in [-0.15, -0.1) is 0 Å². The van der Waals surface area contributed by atoms with Crippen LogP contribution in [0.1, 0.15) is 10.4 Å². The number of carbonyl (C=O) groups is 1. The van der Waals surface area contributed by atoms with Crippen molar-refractivity contribution in [3.05, 3.63) is 70.8 Å². The summed E-state index contributed by atoms with van der Waals surface area (Å²) in [6, 6.07) is 9.78. The fraction of sp³-hybridized carbons (Fsp3) is 0.190. The summed E-state index contributed by atoms with van der Waals surface area (Å²) in [6.45, 7) is 0.631. The van der Waals surface area contributed by atoms with Crippen LogP contribution in [0.4, 0.5) is 0 Å². The van der Waals surface area contributed by atoms with Gasteiger partial charge in [0.25, 0.3) is 21.6 Å². The highest BCUT2D eigenvalue weighted by Crippen LogP contribution is 2.22. The Hall–Kier alpha value is -3.61. The summed E-state index contributed by atoms with van der Waals surface area (Å²) in [6.07, 6.45) is 4.06. The van der Waals surface area contributed by atoms with Crippen LogP contribution in [0.2, 0.25) is 5.02 Å². The van der Waals surface area contributed by atoms with Crippen LogP contribution in [0.3, 0.4) is 0 Å². The predicted octanol–water partition coefficient (Wildman–Crippen LogP) is 1.45. The van der Waals surface area contributed by atoms with E-state index in [9.17, 15) is 18.4 Å². The van der Waals surface area contributed by atoms with E-state index in [1.54, 1.807) is 41.3 Å². The van der Waals surface area contributed by atoms with Crippen molar-refractivity contribution in [3.8, 4) is 11.5 Å². The van der Waals surface area contributed by atoms with Crippen LogP contribution >= 0.6 is 11.6 Å². The fourth-order valence-corrected chi connectivity index (χ4v) is 5.19. The van der Waals surface area contributed by atoms with Crippen LogP contribution in [-0.2, 0) is 10.0 Å². The molecule has 13 heteroatoms. The molecule has 5 rings (SSSR count). The third kappa shape index (κ3) is 4.06. The van der Waals surface area contributed by atoms with Gasteiger partial charge in [-0.1, -0.05) is 11.6 Å². The Balaban J connectivity index is 1.27. The molecule has 1 aromatic carbocycles. The molecule has 1 amide bonds. The van der Waals surface area contributed by atoms with Gasteiger partial charge in [0.15, 0.2) is 6.20 Å². The maximum Gasteiger partial charge on any atom is 0.276 e. The molecule has 0 radical (unpaired) electrons. The molecule has 1 saturated heterocycles. The zero-order chi connectivity index (χ0) is 23.9. The zero-order valence-corrected chi connectivity index (χ0v) is 19.2. The van der Waals surface area contributed by atoms with Crippen molar-refractivity contribution in [2.75, 3.05) is 26.2 Å². The van der Waals surface area contributed by atoms with Crippen LogP contribution in [-0.4, -0.2) is 69.6 Å². The number of hydrogen-bond acceptors (Lipinski definition) is 7. The number of aromatic nitrogens is 5. The number of carbonyl (C=O) groups excluding carboxylic acids is 1. The van der Waals surface area contributed by atoms with Gasteiger partial charge < -0.3 is 15.1 Å². The maximum atomic E-state index is 13.0. The molecule has 11 nitrogen and oxygen atoms in total. The second-order valence-electron chi connectivity index (χ2n) is 7.61. The topological polar surface area (TPSA) is 139 Å². The lowest BCUT2D eigenvalue weighted by atomic mass is 10.2. The van der Waals surface area contributed by atoms with Gasteiger partial charge in [0.2, 0.25) is 11.0 Å². The lowest BCUT2D eigenvalue weighted by Crippen LogP contribution is -2.50. The first-order valence-corrected chi connectivity index (χ1v) is 12.1. The Morgan fingerprint density at radius 3 is 2.53 bits per heavy atom. The van der Waals surface area contributed by atoms with Crippen molar-refractivity contribution in [2.24, 2.45) is 0 Å². The number of rotatable bonds is 4. The first-order valence-electron chi connectivity index (χ1n) is 10.3. The van der Waals surface area contributed by atoms with Crippen LogP contribution in [0.25, 0.3) is 22.6 Å². The van der Waals surface area contributed by atoms with E-state index in [1.165, 1.54) is 22.9 Å². The number of benzene rings is 1. The molecule has 0 bridgehead atoms. The second-order valence-corrected chi connectivity index (χ2v) is 9.90. The summed E-state index contributed by atoms with van der Waals surface area (Å²) in [5.74, 6) is -0.111. The molecule has 4 aromatic rings. The monoisotopic (exact) mass is 499 g/mol. The van der Waals surface area contributed by atoms with Gasteiger partial charge in [0.05, 0.1) is 16.6 Å². The van der Waals surface area contributed by atoms with E-state index in [4.69, 9.17) is 11.6 Å². The summed E-state index contributed by atoms with van der Waals surface area (Å²) in [5, 5.41) is 12.2. The second kappa shape index (κ2) is 8.63. The molecule has 0 spiro atoms. The third-order valence-corrected chi connectivity index (χ3v) is 7.45. The number of fused-ring (bicyclic) bond motifs is 1. The molecule has 1 aliphatic rings. The molecule has 1 fully saturated rings. The zero-order valence-electron chi connectivity index (χ0n) is 17.6. The molecule has 1 N–H and O–H groups in total. The quantitative estimate of drug-likeness (QED) is 0.331. The van der Waals surface area contributed by atoms with E-state index in [2.05, 4.69) is 19.9 Å². The molecular weight excluding hydrogens is 482 g/mol. The Kier molecular flexibility index (Phi) is 5.63. The molecule has 3 aromatic heterocycles. The average Bonchev–Trinajstić information content (AvgIpc) is 3.28. The Labute approximate surface area is 199 Å². The van der Waals surface area contributed by atoms with E-state index in [0.29, 0.717) is 20.8 Å². The Morgan fingerprint density at radius 2 is 1.82 bits per heavy atom. The highest BCUT2D eigenvalue weighted by molar-refractivity contribution is 7.89. The van der Waals surface area contributed by atoms with Gasteiger partial charge in [-0.25, -0.2) is 23.4 Å². The highest BCUT2D eigenvalue weighted by atomic mass is 35.5. The third-order valence-electron chi connectivity index (χ3n) is 5.49. The van der Waals surface area contributed by atoms with Crippen LogP contribution in [0, 0.1) is 5.21 Å². The highest BCUT2D eigenvalue weighted by Gasteiger charge is 2.32. The summed E-state index contributed by atoms with van der Waals surface area (Å²) >= 11 is 5.96. The largest absolute Gasteiger partial charge is 0.618 e. The van der Waals surface area contributed by atoms with Crippen molar-refractivity contribution in [1.29, 1.82) is 0 Å². The number of sulfonamides is 1. The van der Waals surface area contributed by atoms with Crippen molar-refractivity contribution in [2.45, 2.75) is 5.16 Å². The molecule has 34 heavy (non-hydrogen) atoms. The minimum Gasteiger partial charge on any atom is -0.618 e. The number of imidazole rings is 1. The van der Waals surface area contributed by atoms with Crippen LogP contribution in [0.5, 0.6) is 0 Å². The van der Waals surface area contributed by atoms with E-state index >= 15 is 0 Å². The van der Waals surface area contributed by atoms with Gasteiger partial charge in [-0.05, 0) is 24.3 Å². The summed E-state index contributed by atoms with van der Waals surface area (Å²) in [5.41, 5.74) is 1.55. The molecule has 0 saturated carbocycles. The standard InChI is InChI=1S/C21H18ClN7O4S/c22-15-4-5-16-17(11-15)26-21(25-16)34(32,33)28-9-7-27(8-10-28)20(30)14-12-23-19(24-13-14)18-3-1-2-6-29(18)31/h1-6,11-13H,7-10H2,(H,25,26). The normalized spacial score (nSPS) is 15.0. The molecule has 4 heterocycles. The fourth-order valence-electron chi connectivity index (χ4n) is 3.69. The van der Waals surface area contributed by atoms with Crippen LogP contribution < -0.4 is 4.73 Å². The SMILES string of the molecule is O=C(c1cnc(-c2cccc[n+]2[O-])nc1)N1CCN(S(=O)(=O)c2nc3cc(Cl)ccc3[nH]2)CC1. The molecule has 0 unspecified atom stereocenters. The number of halogens is 1. The van der Waals surface area contributed by atoms with Gasteiger partial charge in [-0.2, -0.15) is 9.04 Å². The number of nitrogens with zero attached hydrogens (tertiary/aromatic N) is 6. The minimum atomic E-state index is -3.86. The summed E-state index contributed by atoms with van der Waals surface area (Å²) in [4.78, 5) is 29.7. The Bertz CT molecular complexity index is 1480. The van der Waals surface area contributed by atoms with Gasteiger partial charge in [0.1, 0.15) is 0 Å². The van der Waals surface area contributed by atoms with E-state index in [0.717, 1.165) is 0 Å². The number of piperazine rings is 1. The van der Waals surface area contributed by atoms with Crippen molar-refractivity contribution in [1.82, 2.24) is 29.1 Å². The number of nitrogens with one attached hydrogen (secondary N) is 1. The smallest absolute Gasteiger partial charge is 0.276 e. The van der Waals surface area contributed by atoms with Crippen molar-refractivity contribution >= 4 is 38.6 Å². The number of hydrogen-bond donors (Lipinski definition) is 1. The van der Waals surface area contributed by atoms with E-state index in [-0.39, 0.29) is 54.3 Å². The number of H-pyrrole nitrogens is 1.